The van der Waals surface area contributed by atoms with Gasteiger partial charge in [0.25, 0.3) is 0 Å². The molecule has 1 saturated carbocycles. The second-order valence-corrected chi connectivity index (χ2v) is 10.4. The second kappa shape index (κ2) is 8.20. The Morgan fingerprint density at radius 3 is 2.68 bits per heavy atom. The number of fused-ring (bicyclic) bond motifs is 3. The van der Waals surface area contributed by atoms with Crippen molar-refractivity contribution in [2.75, 3.05) is 25.5 Å². The molecule has 3 fully saturated rings. The van der Waals surface area contributed by atoms with Crippen LogP contribution in [0.1, 0.15) is 44.9 Å². The molecule has 9 heteroatoms. The smallest absolute Gasteiger partial charge is 0.300 e. The number of alkyl halides is 1. The molecule has 0 radical (unpaired) electrons. The average molecular weight is 448 g/mol. The fourth-order valence-electron chi connectivity index (χ4n) is 6.63. The largest absolute Gasteiger partial charge is 0.372 e. The molecule has 2 aliphatic heterocycles. The number of nitro groups is 1. The topological polar surface area (TPSA) is 88.5 Å². The van der Waals surface area contributed by atoms with Gasteiger partial charge in [-0.05, 0) is 86.1 Å². The maximum absolute atomic E-state index is 11.3. The summed E-state index contributed by atoms with van der Waals surface area (Å²) in [6, 6.07) is 4.58. The number of hydrogen-bond donors (Lipinski definition) is 0. The van der Waals surface area contributed by atoms with Gasteiger partial charge < -0.3 is 9.80 Å². The highest BCUT2D eigenvalue weighted by Crippen LogP contribution is 2.48. The van der Waals surface area contributed by atoms with Crippen molar-refractivity contribution in [1.29, 1.82) is 0 Å². The number of non-ortho nitro benzene ring substituents is 1. The monoisotopic (exact) mass is 447 g/mol. The molecule has 1 aromatic carbocycles. The van der Waals surface area contributed by atoms with Crippen molar-refractivity contribution in [3.8, 4) is 0 Å². The fraction of sp³-hybridized carbons (Fsp3) is 0.727. The SMILES string of the molecule is CN(CC1C2CC[C@H](C[C@@H]1C1CCC(Cl)CC1)N2C)c1ccc([N+](=O)[O-])c2nonc12. The molecule has 168 valence electrons. The van der Waals surface area contributed by atoms with Gasteiger partial charge in [-0.2, -0.15) is 0 Å². The third kappa shape index (κ3) is 3.67. The lowest BCUT2D eigenvalue weighted by atomic mass is 9.68. The molecular formula is C22H30ClN5O3. The summed E-state index contributed by atoms with van der Waals surface area (Å²) in [5.41, 5.74) is 1.45. The van der Waals surface area contributed by atoms with Crippen molar-refractivity contribution in [2.45, 2.75) is 62.4 Å². The van der Waals surface area contributed by atoms with Gasteiger partial charge in [-0.25, -0.2) is 4.63 Å². The molecule has 2 bridgehead atoms. The zero-order valence-electron chi connectivity index (χ0n) is 18.1. The Morgan fingerprint density at radius 2 is 1.94 bits per heavy atom. The predicted molar refractivity (Wildman–Crippen MR) is 119 cm³/mol. The molecular weight excluding hydrogens is 418 g/mol. The molecule has 1 aliphatic carbocycles. The van der Waals surface area contributed by atoms with Crippen molar-refractivity contribution in [1.82, 2.24) is 15.2 Å². The first kappa shape index (κ1) is 20.9. The molecule has 2 unspecified atom stereocenters. The van der Waals surface area contributed by atoms with Crippen LogP contribution in [0, 0.1) is 27.9 Å². The van der Waals surface area contributed by atoms with E-state index in [0.29, 0.717) is 34.8 Å². The molecule has 0 amide bonds. The van der Waals surface area contributed by atoms with Crippen LogP contribution in [0.2, 0.25) is 0 Å². The van der Waals surface area contributed by atoms with Crippen LogP contribution < -0.4 is 4.90 Å². The first-order valence-electron chi connectivity index (χ1n) is 11.4. The first-order valence-corrected chi connectivity index (χ1v) is 11.8. The number of rotatable bonds is 5. The molecule has 3 heterocycles. The van der Waals surface area contributed by atoms with Gasteiger partial charge in [0.15, 0.2) is 5.52 Å². The summed E-state index contributed by atoms with van der Waals surface area (Å²) in [4.78, 5) is 15.7. The second-order valence-electron chi connectivity index (χ2n) is 9.74. The van der Waals surface area contributed by atoms with Crippen LogP contribution in [0.4, 0.5) is 11.4 Å². The van der Waals surface area contributed by atoms with E-state index in [-0.39, 0.29) is 11.2 Å². The Morgan fingerprint density at radius 1 is 1.19 bits per heavy atom. The van der Waals surface area contributed by atoms with Crippen LogP contribution in [0.3, 0.4) is 0 Å². The zero-order valence-corrected chi connectivity index (χ0v) is 18.9. The van der Waals surface area contributed by atoms with Gasteiger partial charge in [0.2, 0.25) is 5.52 Å². The Hall–Kier alpha value is -1.93. The maximum atomic E-state index is 11.3. The Balaban J connectivity index is 1.42. The summed E-state index contributed by atoms with van der Waals surface area (Å²) in [5.74, 6) is 2.00. The molecule has 2 saturated heterocycles. The van der Waals surface area contributed by atoms with Gasteiger partial charge in [-0.1, -0.05) is 0 Å². The number of hydrogen-bond acceptors (Lipinski definition) is 7. The van der Waals surface area contributed by atoms with E-state index in [1.54, 1.807) is 6.07 Å². The minimum atomic E-state index is -0.436. The summed E-state index contributed by atoms with van der Waals surface area (Å²) in [7, 11) is 4.34. The van der Waals surface area contributed by atoms with Crippen LogP contribution in [-0.4, -0.2) is 58.2 Å². The molecule has 31 heavy (non-hydrogen) atoms. The Bertz CT molecular complexity index is 960. The quantitative estimate of drug-likeness (QED) is 0.379. The summed E-state index contributed by atoms with van der Waals surface area (Å²) < 4.78 is 4.88. The number of nitrogens with zero attached hydrogens (tertiary/aromatic N) is 5. The van der Waals surface area contributed by atoms with E-state index in [9.17, 15) is 10.1 Å². The van der Waals surface area contributed by atoms with Crippen molar-refractivity contribution in [2.24, 2.45) is 17.8 Å². The van der Waals surface area contributed by atoms with Crippen molar-refractivity contribution in [3.05, 3.63) is 22.2 Å². The van der Waals surface area contributed by atoms with Crippen LogP contribution in [0.5, 0.6) is 0 Å². The van der Waals surface area contributed by atoms with Crippen molar-refractivity contribution in [3.63, 3.8) is 0 Å². The lowest BCUT2D eigenvalue weighted by molar-refractivity contribution is -0.383. The van der Waals surface area contributed by atoms with Crippen LogP contribution in [-0.2, 0) is 0 Å². The molecule has 0 N–H and O–H groups in total. The number of anilines is 1. The first-order chi connectivity index (χ1) is 14.9. The summed E-state index contributed by atoms with van der Waals surface area (Å²) in [6.45, 7) is 0.896. The van der Waals surface area contributed by atoms with E-state index in [1.807, 2.05) is 0 Å². The molecule has 8 nitrogen and oxygen atoms in total. The van der Waals surface area contributed by atoms with E-state index >= 15 is 0 Å². The standard InChI is InChI=1S/C22H30ClN5O3/c1-26(19-9-10-20(28(29)30)22-21(19)24-31-25-22)12-17-16(13-3-5-14(23)6-4-13)11-15-7-8-18(17)27(15)2/h9-10,13-18H,3-8,11-12H2,1-2H3/t13?,14?,15-,16-,17?,18?/m1/s1. The van der Waals surface area contributed by atoms with E-state index < -0.39 is 4.92 Å². The molecule has 1 aromatic heterocycles. The normalized spacial score (nSPS) is 33.6. The minimum Gasteiger partial charge on any atom is -0.372 e. The Labute approximate surface area is 187 Å². The Kier molecular flexibility index (Phi) is 5.54. The summed E-state index contributed by atoms with van der Waals surface area (Å²) >= 11 is 6.41. The highest BCUT2D eigenvalue weighted by atomic mass is 35.5. The fourth-order valence-corrected chi connectivity index (χ4v) is 6.88. The van der Waals surface area contributed by atoms with E-state index in [2.05, 4.69) is 34.2 Å². The van der Waals surface area contributed by atoms with Crippen molar-refractivity contribution < 1.29 is 9.55 Å². The number of piperidine rings is 1. The molecule has 2 aromatic rings. The van der Waals surface area contributed by atoms with Crippen LogP contribution in [0.15, 0.2) is 16.8 Å². The third-order valence-corrected chi connectivity index (χ3v) is 8.69. The molecule has 5 rings (SSSR count). The van der Waals surface area contributed by atoms with Gasteiger partial charge >= 0.3 is 5.69 Å². The van der Waals surface area contributed by atoms with Gasteiger partial charge in [0.05, 0.1) is 10.6 Å². The summed E-state index contributed by atoms with van der Waals surface area (Å²) in [6.07, 6.45) is 8.53. The predicted octanol–water partition coefficient (Wildman–Crippen LogP) is 4.46. The number of halogens is 1. The number of benzene rings is 1. The minimum absolute atomic E-state index is 0.0693. The lowest BCUT2D eigenvalue weighted by Crippen LogP contribution is -2.52. The van der Waals surface area contributed by atoms with Gasteiger partial charge in [0, 0.05) is 37.1 Å². The molecule has 4 atom stereocenters. The number of nitro benzene ring substituents is 1. The average Bonchev–Trinajstić information content (AvgIpc) is 3.32. The highest BCUT2D eigenvalue weighted by Gasteiger charge is 2.48. The van der Waals surface area contributed by atoms with Gasteiger partial charge in [-0.3, -0.25) is 10.1 Å². The van der Waals surface area contributed by atoms with E-state index in [1.165, 1.54) is 38.2 Å². The third-order valence-electron chi connectivity index (χ3n) is 8.26. The van der Waals surface area contributed by atoms with Gasteiger partial charge in [-0.15, -0.1) is 11.6 Å². The van der Waals surface area contributed by atoms with E-state index in [0.717, 1.165) is 31.0 Å². The van der Waals surface area contributed by atoms with Crippen LogP contribution >= 0.6 is 11.6 Å². The van der Waals surface area contributed by atoms with E-state index in [4.69, 9.17) is 16.2 Å². The lowest BCUT2D eigenvalue weighted by Gasteiger charge is -2.48. The maximum Gasteiger partial charge on any atom is 0.300 e. The van der Waals surface area contributed by atoms with Crippen molar-refractivity contribution >= 4 is 34.0 Å². The molecule has 3 aliphatic rings. The summed E-state index contributed by atoms with van der Waals surface area (Å²) in [5, 5.41) is 19.5. The zero-order chi connectivity index (χ0) is 21.7. The molecule has 0 spiro atoms. The van der Waals surface area contributed by atoms with Crippen LogP contribution in [0.25, 0.3) is 11.0 Å². The van der Waals surface area contributed by atoms with Gasteiger partial charge in [0.1, 0.15) is 0 Å². The highest BCUT2D eigenvalue weighted by molar-refractivity contribution is 6.20. The number of aromatic nitrogens is 2.